The van der Waals surface area contributed by atoms with Crippen molar-refractivity contribution >= 4 is 32.9 Å². The largest absolute Gasteiger partial charge is 0.398 e. The highest BCUT2D eigenvalue weighted by molar-refractivity contribution is 6.22. The van der Waals surface area contributed by atoms with E-state index in [1.54, 1.807) is 0 Å². The molecule has 5 N–H and O–H groups in total. The van der Waals surface area contributed by atoms with E-state index in [4.69, 9.17) is 11.1 Å². The number of H-pyrrole nitrogens is 1. The normalized spacial score (nSPS) is 10.9. The number of pyridine rings is 1. The smallest absolute Gasteiger partial charge is 0.179 e. The van der Waals surface area contributed by atoms with Crippen LogP contribution in [0.4, 0.5) is 5.69 Å². The molecule has 0 aliphatic rings. The zero-order valence-electron chi connectivity index (χ0n) is 10.2. The molecule has 1 aromatic heterocycles. The molecule has 0 saturated heterocycles. The van der Waals surface area contributed by atoms with Crippen molar-refractivity contribution in [2.75, 3.05) is 5.73 Å². The van der Waals surface area contributed by atoms with E-state index < -0.39 is 0 Å². The molecule has 0 fully saturated rings. The molecule has 0 saturated carbocycles. The molecule has 3 rings (SSSR count). The van der Waals surface area contributed by atoms with Crippen molar-refractivity contribution in [1.82, 2.24) is 0 Å². The first-order valence-electron chi connectivity index (χ1n) is 5.89. The van der Waals surface area contributed by atoms with Crippen LogP contribution < -0.4 is 16.1 Å². The van der Waals surface area contributed by atoms with Crippen LogP contribution in [0.3, 0.4) is 0 Å². The summed E-state index contributed by atoms with van der Waals surface area (Å²) in [5.41, 5.74) is 8.72. The molecule has 0 aliphatic heterocycles. The van der Waals surface area contributed by atoms with Gasteiger partial charge in [0.05, 0.1) is 16.6 Å². The van der Waals surface area contributed by atoms with E-state index in [9.17, 15) is 0 Å². The highest BCUT2D eigenvalue weighted by atomic mass is 14.6. The number of anilines is 1. The van der Waals surface area contributed by atoms with Gasteiger partial charge < -0.3 is 5.73 Å². The van der Waals surface area contributed by atoms with Crippen molar-refractivity contribution in [3.8, 4) is 0 Å². The topological polar surface area (TPSA) is 65.8 Å². The molecular weight excluding hydrogens is 222 g/mol. The molecule has 1 heterocycles. The lowest BCUT2D eigenvalue weighted by molar-refractivity contribution is -0.375. The van der Waals surface area contributed by atoms with Crippen molar-refractivity contribution in [2.45, 2.75) is 6.92 Å². The Morgan fingerprint density at radius 1 is 1.06 bits per heavy atom. The molecule has 0 amide bonds. The van der Waals surface area contributed by atoms with Gasteiger partial charge in [-0.3, -0.25) is 5.41 Å². The lowest BCUT2D eigenvalue weighted by Gasteiger charge is -2.10. The zero-order valence-corrected chi connectivity index (χ0v) is 10.2. The predicted molar refractivity (Wildman–Crippen MR) is 74.1 cm³/mol. The molecule has 3 aromatic rings. The van der Waals surface area contributed by atoms with Crippen molar-refractivity contribution < 1.29 is 10.4 Å². The van der Waals surface area contributed by atoms with Gasteiger partial charge in [-0.25, -0.2) is 4.98 Å². The Balaban J connectivity index is 2.66. The van der Waals surface area contributed by atoms with E-state index >= 15 is 0 Å². The third-order valence-electron chi connectivity index (χ3n) is 3.30. The number of hydrogen-bond acceptors (Lipinski definition) is 1. The fraction of sp³-hybridized carbons (Fsp3) is 0.0667. The average Bonchev–Trinajstić information content (AvgIpc) is 2.39. The third-order valence-corrected chi connectivity index (χ3v) is 3.30. The Kier molecular flexibility index (Phi) is 2.27. The van der Waals surface area contributed by atoms with Crippen LogP contribution in [-0.2, 0) is 0 Å². The Bertz CT molecular complexity index is 775. The van der Waals surface area contributed by atoms with Gasteiger partial charge in [-0.1, -0.05) is 24.3 Å². The van der Waals surface area contributed by atoms with Gasteiger partial charge in [0, 0.05) is 23.8 Å². The van der Waals surface area contributed by atoms with Crippen molar-refractivity contribution in [3.05, 3.63) is 48.3 Å². The Morgan fingerprint density at radius 2 is 1.78 bits per heavy atom. The first kappa shape index (κ1) is 10.7. The van der Waals surface area contributed by atoms with Crippen LogP contribution in [0.15, 0.2) is 42.7 Å². The quantitative estimate of drug-likeness (QED) is 0.369. The molecule has 0 spiro atoms. The van der Waals surface area contributed by atoms with Gasteiger partial charge in [0.25, 0.3) is 0 Å². The first-order chi connectivity index (χ1) is 8.70. The second kappa shape index (κ2) is 3.81. The molecule has 3 heteroatoms. The van der Waals surface area contributed by atoms with Crippen LogP contribution in [0, 0.1) is 0 Å². The summed E-state index contributed by atoms with van der Waals surface area (Å²) in [6, 6.07) is 10.1. The van der Waals surface area contributed by atoms with Crippen LogP contribution in [0.5, 0.6) is 0 Å². The van der Waals surface area contributed by atoms with Crippen molar-refractivity contribution in [3.63, 3.8) is 0 Å². The second-order valence-electron chi connectivity index (χ2n) is 4.49. The Hall–Kier alpha value is -2.42. The third kappa shape index (κ3) is 1.37. The van der Waals surface area contributed by atoms with Gasteiger partial charge in [-0.05, 0) is 5.39 Å². The van der Waals surface area contributed by atoms with Gasteiger partial charge in [0.15, 0.2) is 18.1 Å². The summed E-state index contributed by atoms with van der Waals surface area (Å²) in [7, 11) is 0. The number of nitrogens with two attached hydrogens (primary N) is 2. The van der Waals surface area contributed by atoms with E-state index in [0.29, 0.717) is 0 Å². The molecule has 2 aromatic carbocycles. The number of nitrogen functional groups attached to an aromatic ring is 1. The van der Waals surface area contributed by atoms with Crippen LogP contribution in [0.1, 0.15) is 12.5 Å². The van der Waals surface area contributed by atoms with E-state index in [-0.39, 0.29) is 0 Å². The second-order valence-corrected chi connectivity index (χ2v) is 4.49. The molecule has 0 bridgehead atoms. The standard InChI is InChI=1S/C15H13N3/c1-9(16)14-11-6-7-18-8-13(11)10-4-2-3-5-12(10)15(14)17/h2-8,16H,17H2,1H3/p+2. The van der Waals surface area contributed by atoms with E-state index in [1.807, 2.05) is 43.6 Å². The first-order valence-corrected chi connectivity index (χ1v) is 5.89. The van der Waals surface area contributed by atoms with E-state index in [2.05, 4.69) is 11.1 Å². The summed E-state index contributed by atoms with van der Waals surface area (Å²) in [5, 5.41) is 10.4. The van der Waals surface area contributed by atoms with Crippen molar-refractivity contribution in [2.24, 2.45) is 0 Å². The van der Waals surface area contributed by atoms with Gasteiger partial charge in [-0.2, -0.15) is 0 Å². The molecule has 18 heavy (non-hydrogen) atoms. The number of hydrogen-bond donors (Lipinski definition) is 2. The van der Waals surface area contributed by atoms with Gasteiger partial charge in [0.1, 0.15) is 0 Å². The Morgan fingerprint density at radius 3 is 2.50 bits per heavy atom. The molecule has 3 nitrogen and oxygen atoms in total. The maximum absolute atomic E-state index is 6.27. The molecule has 0 atom stereocenters. The number of aromatic nitrogens is 1. The summed E-state index contributed by atoms with van der Waals surface area (Å²) in [6.45, 7) is 1.89. The number of nitrogens with one attached hydrogen (secondary N) is 1. The van der Waals surface area contributed by atoms with E-state index in [1.165, 1.54) is 0 Å². The molecular formula is C15H15N3+2. The summed E-state index contributed by atoms with van der Waals surface area (Å²) in [6.07, 6.45) is 3.88. The summed E-state index contributed by atoms with van der Waals surface area (Å²) < 4.78 is 0. The lowest BCUT2D eigenvalue weighted by Crippen LogP contribution is -2.38. The average molecular weight is 237 g/mol. The molecule has 0 aliphatic carbocycles. The lowest BCUT2D eigenvalue weighted by atomic mass is 9.94. The van der Waals surface area contributed by atoms with Gasteiger partial charge >= 0.3 is 0 Å². The maximum atomic E-state index is 6.27. The van der Waals surface area contributed by atoms with Gasteiger partial charge in [-0.15, -0.1) is 0 Å². The van der Waals surface area contributed by atoms with Crippen LogP contribution in [0.25, 0.3) is 21.5 Å². The minimum atomic E-state index is 0.745. The SMILES string of the molecule is CC(=[NH2+])c1c(N)c2ccccc2c2c[nH+]ccc12. The number of benzene rings is 2. The minimum absolute atomic E-state index is 0.745. The summed E-state index contributed by atoms with van der Waals surface area (Å²) in [5.74, 6) is 0. The zero-order chi connectivity index (χ0) is 12.7. The predicted octanol–water partition coefficient (Wildman–Crippen LogP) is 0.957. The summed E-state index contributed by atoms with van der Waals surface area (Å²) >= 11 is 0. The molecule has 0 radical (unpaired) electrons. The fourth-order valence-electron chi connectivity index (χ4n) is 2.53. The highest BCUT2D eigenvalue weighted by Gasteiger charge is 2.16. The van der Waals surface area contributed by atoms with Crippen LogP contribution in [0.2, 0.25) is 0 Å². The van der Waals surface area contributed by atoms with Gasteiger partial charge in [0.2, 0.25) is 0 Å². The molecule has 88 valence electrons. The number of fused-ring (bicyclic) bond motifs is 3. The monoisotopic (exact) mass is 237 g/mol. The summed E-state index contributed by atoms with van der Waals surface area (Å²) in [4.78, 5) is 3.12. The Labute approximate surface area is 105 Å². The number of aromatic amines is 1. The van der Waals surface area contributed by atoms with Crippen LogP contribution >= 0.6 is 0 Å². The molecule has 0 unspecified atom stereocenters. The highest BCUT2D eigenvalue weighted by Crippen LogP contribution is 2.33. The maximum Gasteiger partial charge on any atom is 0.179 e. The minimum Gasteiger partial charge on any atom is -0.398 e. The van der Waals surface area contributed by atoms with E-state index in [0.717, 1.165) is 38.5 Å². The van der Waals surface area contributed by atoms with Crippen LogP contribution in [-0.4, -0.2) is 5.71 Å². The van der Waals surface area contributed by atoms with Crippen molar-refractivity contribution in [1.29, 1.82) is 0 Å². The fourth-order valence-corrected chi connectivity index (χ4v) is 2.53. The number of rotatable bonds is 1.